The van der Waals surface area contributed by atoms with Crippen LogP contribution in [0.5, 0.6) is 0 Å². The Labute approximate surface area is 102 Å². The third kappa shape index (κ3) is 2.93. The predicted molar refractivity (Wildman–Crippen MR) is 68.3 cm³/mol. The lowest BCUT2D eigenvalue weighted by atomic mass is 10.1. The van der Waals surface area contributed by atoms with Crippen molar-refractivity contribution in [3.8, 4) is 0 Å². The normalized spacial score (nSPS) is 17.3. The molecule has 0 bridgehead atoms. The second-order valence-corrected chi connectivity index (χ2v) is 4.40. The van der Waals surface area contributed by atoms with Crippen molar-refractivity contribution in [2.45, 2.75) is 32.1 Å². The van der Waals surface area contributed by atoms with Crippen molar-refractivity contribution >= 4 is 11.7 Å². The van der Waals surface area contributed by atoms with Crippen molar-refractivity contribution in [2.24, 2.45) is 5.73 Å². The lowest BCUT2D eigenvalue weighted by Crippen LogP contribution is -2.31. The van der Waals surface area contributed by atoms with Crippen LogP contribution in [0.25, 0.3) is 0 Å². The first-order valence-corrected chi connectivity index (χ1v) is 6.19. The summed E-state index contributed by atoms with van der Waals surface area (Å²) < 4.78 is 0. The second kappa shape index (κ2) is 5.61. The lowest BCUT2D eigenvalue weighted by Gasteiger charge is -2.26. The number of aromatic nitrogens is 2. The molecule has 0 aromatic carbocycles. The van der Waals surface area contributed by atoms with E-state index in [4.69, 9.17) is 11.1 Å². The number of nitrogens with zero attached hydrogens (tertiary/aromatic N) is 3. The summed E-state index contributed by atoms with van der Waals surface area (Å²) in [6.45, 7) is 1.97. The Hall–Kier alpha value is -1.65. The standard InChI is InChI=1S/C12H19N5/c13-11(14)10-12(16-7-6-15-10)17-8-4-2-1-3-5-9-17/h6-7H,1-5,8-9H2,(H3,13,14). The van der Waals surface area contributed by atoms with Crippen molar-refractivity contribution in [3.05, 3.63) is 18.1 Å². The van der Waals surface area contributed by atoms with E-state index in [9.17, 15) is 0 Å². The SMILES string of the molecule is N=C(N)c1nccnc1N1CCCCCCC1. The molecule has 2 heterocycles. The molecule has 5 heteroatoms. The first-order chi connectivity index (χ1) is 8.29. The molecule has 0 atom stereocenters. The summed E-state index contributed by atoms with van der Waals surface area (Å²) in [6.07, 6.45) is 9.47. The van der Waals surface area contributed by atoms with Crippen LogP contribution in [0.1, 0.15) is 37.8 Å². The first-order valence-electron chi connectivity index (χ1n) is 6.19. The molecule has 92 valence electrons. The van der Waals surface area contributed by atoms with Gasteiger partial charge < -0.3 is 10.6 Å². The van der Waals surface area contributed by atoms with Crippen LogP contribution >= 0.6 is 0 Å². The number of nitrogens with two attached hydrogens (primary N) is 1. The number of rotatable bonds is 2. The molecule has 1 aromatic heterocycles. The molecule has 0 saturated carbocycles. The van der Waals surface area contributed by atoms with Gasteiger partial charge in [0.15, 0.2) is 5.82 Å². The molecule has 1 aliphatic heterocycles. The van der Waals surface area contributed by atoms with Crippen LogP contribution in [-0.2, 0) is 0 Å². The van der Waals surface area contributed by atoms with Gasteiger partial charge in [0.2, 0.25) is 0 Å². The molecule has 0 spiro atoms. The number of nitrogens with one attached hydrogen (secondary N) is 1. The van der Waals surface area contributed by atoms with E-state index in [1.165, 1.54) is 32.1 Å². The van der Waals surface area contributed by atoms with E-state index in [0.717, 1.165) is 18.9 Å². The van der Waals surface area contributed by atoms with E-state index in [2.05, 4.69) is 14.9 Å². The lowest BCUT2D eigenvalue weighted by molar-refractivity contribution is 0.553. The van der Waals surface area contributed by atoms with Gasteiger partial charge >= 0.3 is 0 Å². The Morgan fingerprint density at radius 1 is 1.06 bits per heavy atom. The van der Waals surface area contributed by atoms with Crippen LogP contribution in [0.2, 0.25) is 0 Å². The Morgan fingerprint density at radius 3 is 2.29 bits per heavy atom. The summed E-state index contributed by atoms with van der Waals surface area (Å²) in [6, 6.07) is 0. The third-order valence-electron chi connectivity index (χ3n) is 3.09. The van der Waals surface area contributed by atoms with Crippen LogP contribution in [0.3, 0.4) is 0 Å². The summed E-state index contributed by atoms with van der Waals surface area (Å²) in [5.41, 5.74) is 6.05. The zero-order valence-corrected chi connectivity index (χ0v) is 10.0. The van der Waals surface area contributed by atoms with E-state index in [-0.39, 0.29) is 5.84 Å². The molecular formula is C12H19N5. The maximum Gasteiger partial charge on any atom is 0.158 e. The highest BCUT2D eigenvalue weighted by Crippen LogP contribution is 2.19. The van der Waals surface area contributed by atoms with Crippen molar-refractivity contribution in [3.63, 3.8) is 0 Å². The Morgan fingerprint density at radius 2 is 1.65 bits per heavy atom. The minimum Gasteiger partial charge on any atom is -0.382 e. The average Bonchev–Trinajstić information content (AvgIpc) is 2.28. The molecule has 1 aliphatic rings. The van der Waals surface area contributed by atoms with Gasteiger partial charge in [0.25, 0.3) is 0 Å². The second-order valence-electron chi connectivity index (χ2n) is 4.40. The number of anilines is 1. The maximum absolute atomic E-state index is 7.54. The van der Waals surface area contributed by atoms with Crippen LogP contribution in [-0.4, -0.2) is 28.9 Å². The van der Waals surface area contributed by atoms with Gasteiger partial charge in [-0.1, -0.05) is 19.3 Å². The van der Waals surface area contributed by atoms with Crippen molar-refractivity contribution in [1.29, 1.82) is 5.41 Å². The van der Waals surface area contributed by atoms with Crippen LogP contribution in [0.15, 0.2) is 12.4 Å². The molecule has 0 aliphatic carbocycles. The van der Waals surface area contributed by atoms with Crippen LogP contribution in [0, 0.1) is 5.41 Å². The smallest absolute Gasteiger partial charge is 0.158 e. The minimum absolute atomic E-state index is 0.00448. The summed E-state index contributed by atoms with van der Waals surface area (Å²) in [5, 5.41) is 7.54. The molecule has 0 unspecified atom stereocenters. The largest absolute Gasteiger partial charge is 0.382 e. The van der Waals surface area contributed by atoms with Crippen molar-refractivity contribution in [2.75, 3.05) is 18.0 Å². The minimum atomic E-state index is -0.00448. The van der Waals surface area contributed by atoms with Crippen molar-refractivity contribution in [1.82, 2.24) is 9.97 Å². The van der Waals surface area contributed by atoms with Gasteiger partial charge in [0.05, 0.1) is 0 Å². The number of amidine groups is 1. The molecule has 1 fully saturated rings. The Kier molecular flexibility index (Phi) is 3.90. The number of nitrogen functional groups attached to an aromatic ring is 1. The topological polar surface area (TPSA) is 78.9 Å². The van der Waals surface area contributed by atoms with Gasteiger partial charge in [-0.15, -0.1) is 0 Å². The Bertz CT molecular complexity index is 382. The molecule has 5 nitrogen and oxygen atoms in total. The molecule has 1 saturated heterocycles. The monoisotopic (exact) mass is 233 g/mol. The number of hydrogen-bond donors (Lipinski definition) is 2. The molecule has 3 N–H and O–H groups in total. The van der Waals surface area contributed by atoms with E-state index in [1.807, 2.05) is 0 Å². The Balaban J connectivity index is 2.21. The molecule has 1 aromatic rings. The summed E-state index contributed by atoms with van der Waals surface area (Å²) in [5.74, 6) is 0.761. The van der Waals surface area contributed by atoms with Crippen LogP contribution < -0.4 is 10.6 Å². The van der Waals surface area contributed by atoms with E-state index in [1.54, 1.807) is 12.4 Å². The fraction of sp³-hybridized carbons (Fsp3) is 0.583. The highest BCUT2D eigenvalue weighted by molar-refractivity contribution is 5.97. The van der Waals surface area contributed by atoms with Crippen LogP contribution in [0.4, 0.5) is 5.82 Å². The zero-order valence-electron chi connectivity index (χ0n) is 10.0. The van der Waals surface area contributed by atoms with Gasteiger partial charge in [0.1, 0.15) is 11.5 Å². The molecular weight excluding hydrogens is 214 g/mol. The van der Waals surface area contributed by atoms with Gasteiger partial charge in [-0.25, -0.2) is 9.97 Å². The molecule has 0 radical (unpaired) electrons. The first kappa shape index (κ1) is 11.8. The van der Waals surface area contributed by atoms with Gasteiger partial charge in [0, 0.05) is 25.5 Å². The van der Waals surface area contributed by atoms with E-state index in [0.29, 0.717) is 5.69 Å². The summed E-state index contributed by atoms with van der Waals surface area (Å²) >= 11 is 0. The van der Waals surface area contributed by atoms with Gasteiger partial charge in [-0.3, -0.25) is 5.41 Å². The van der Waals surface area contributed by atoms with Gasteiger partial charge in [-0.05, 0) is 12.8 Å². The fourth-order valence-corrected chi connectivity index (χ4v) is 2.21. The number of hydrogen-bond acceptors (Lipinski definition) is 4. The third-order valence-corrected chi connectivity index (χ3v) is 3.09. The quantitative estimate of drug-likeness (QED) is 0.599. The highest BCUT2D eigenvalue weighted by Gasteiger charge is 2.16. The van der Waals surface area contributed by atoms with E-state index >= 15 is 0 Å². The average molecular weight is 233 g/mol. The highest BCUT2D eigenvalue weighted by atomic mass is 15.2. The summed E-state index contributed by atoms with van der Waals surface area (Å²) in [7, 11) is 0. The van der Waals surface area contributed by atoms with Crippen molar-refractivity contribution < 1.29 is 0 Å². The predicted octanol–water partition coefficient (Wildman–Crippen LogP) is 1.53. The fourth-order valence-electron chi connectivity index (χ4n) is 2.21. The van der Waals surface area contributed by atoms with Gasteiger partial charge in [-0.2, -0.15) is 0 Å². The van der Waals surface area contributed by atoms with E-state index < -0.39 is 0 Å². The molecule has 0 amide bonds. The zero-order chi connectivity index (χ0) is 12.1. The maximum atomic E-state index is 7.54. The summed E-state index contributed by atoms with van der Waals surface area (Å²) in [4.78, 5) is 10.7. The molecule has 2 rings (SSSR count). The molecule has 17 heavy (non-hydrogen) atoms.